The molecule has 0 aromatic carbocycles. The lowest BCUT2D eigenvalue weighted by molar-refractivity contribution is 0.327. The number of alkyl halides is 1. The highest BCUT2D eigenvalue weighted by molar-refractivity contribution is 6.38. The summed E-state index contributed by atoms with van der Waals surface area (Å²) < 4.78 is 5.48. The van der Waals surface area contributed by atoms with Crippen LogP contribution >= 0.6 is 23.2 Å². The van der Waals surface area contributed by atoms with Crippen LogP contribution in [-0.2, 0) is 11.2 Å². The first-order chi connectivity index (χ1) is 10.7. The minimum atomic E-state index is -0.171. The first-order valence-electron chi connectivity index (χ1n) is 7.27. The van der Waals surface area contributed by atoms with E-state index in [-0.39, 0.29) is 11.4 Å². The molecule has 0 spiro atoms. The molecule has 0 radical (unpaired) electrons. The standard InChI is InChI=1S/C16H17Cl2N3O/c17-13-3-1-2-12(15(13)18)14(21-16-20-8-9-22-16)10-11-4-6-19-7-5-11/h1-2,4-7,13-14H,3,8-10H2,(H,20,21). The summed E-state index contributed by atoms with van der Waals surface area (Å²) in [5.74, 6) is 0. The van der Waals surface area contributed by atoms with Gasteiger partial charge in [-0.1, -0.05) is 23.8 Å². The maximum Gasteiger partial charge on any atom is 0.285 e. The molecule has 3 rings (SSSR count). The van der Waals surface area contributed by atoms with E-state index in [9.17, 15) is 0 Å². The lowest BCUT2D eigenvalue weighted by Crippen LogP contribution is -2.39. The van der Waals surface area contributed by atoms with E-state index in [4.69, 9.17) is 27.9 Å². The SMILES string of the molecule is ClC1=C(C(Cc2ccncc2)NC2=NCCO2)C=CCC1Cl. The minimum Gasteiger partial charge on any atom is -0.463 e. The Morgan fingerprint density at radius 2 is 2.18 bits per heavy atom. The van der Waals surface area contributed by atoms with Crippen molar-refractivity contribution in [1.82, 2.24) is 10.3 Å². The molecule has 0 saturated heterocycles. The Morgan fingerprint density at radius 1 is 1.36 bits per heavy atom. The van der Waals surface area contributed by atoms with Gasteiger partial charge < -0.3 is 10.1 Å². The van der Waals surface area contributed by atoms with Crippen LogP contribution in [0, 0.1) is 0 Å². The molecule has 2 atom stereocenters. The first-order valence-corrected chi connectivity index (χ1v) is 8.08. The van der Waals surface area contributed by atoms with Gasteiger partial charge in [0.05, 0.1) is 18.0 Å². The third-order valence-corrected chi connectivity index (χ3v) is 4.63. The quantitative estimate of drug-likeness (QED) is 0.859. The van der Waals surface area contributed by atoms with Crippen molar-refractivity contribution in [3.63, 3.8) is 0 Å². The summed E-state index contributed by atoms with van der Waals surface area (Å²) in [6, 6.07) is 4.52. The largest absolute Gasteiger partial charge is 0.463 e. The first kappa shape index (κ1) is 15.4. The Bertz CT molecular complexity index is 613. The molecular formula is C16H17Cl2N3O. The van der Waals surface area contributed by atoms with E-state index in [1.54, 1.807) is 12.4 Å². The van der Waals surface area contributed by atoms with Crippen LogP contribution in [0.25, 0.3) is 0 Å². The fourth-order valence-electron chi connectivity index (χ4n) is 2.53. The molecule has 0 bridgehead atoms. The van der Waals surface area contributed by atoms with Gasteiger partial charge in [-0.05, 0) is 36.1 Å². The Hall–Kier alpha value is -1.52. The van der Waals surface area contributed by atoms with Crippen LogP contribution in [0.5, 0.6) is 0 Å². The van der Waals surface area contributed by atoms with Crippen LogP contribution in [0.4, 0.5) is 0 Å². The number of hydrogen-bond donors (Lipinski definition) is 1. The van der Waals surface area contributed by atoms with E-state index in [0.717, 1.165) is 24.0 Å². The van der Waals surface area contributed by atoms with E-state index in [1.807, 2.05) is 18.2 Å². The number of ether oxygens (including phenoxy) is 1. The number of hydrogen-bond acceptors (Lipinski definition) is 4. The highest BCUT2D eigenvalue weighted by Crippen LogP contribution is 2.30. The number of rotatable bonds is 4. The summed E-state index contributed by atoms with van der Waals surface area (Å²) in [7, 11) is 0. The van der Waals surface area contributed by atoms with E-state index in [1.165, 1.54) is 0 Å². The summed E-state index contributed by atoms with van der Waals surface area (Å²) in [6.45, 7) is 1.30. The Kier molecular flexibility index (Phi) is 5.01. The number of halogens is 2. The molecular weight excluding hydrogens is 321 g/mol. The second-order valence-electron chi connectivity index (χ2n) is 5.20. The van der Waals surface area contributed by atoms with Gasteiger partial charge in [0.25, 0.3) is 6.02 Å². The number of aromatic nitrogens is 1. The minimum absolute atomic E-state index is 0.0375. The van der Waals surface area contributed by atoms with Gasteiger partial charge in [0.2, 0.25) is 0 Å². The van der Waals surface area contributed by atoms with Gasteiger partial charge in [-0.3, -0.25) is 4.98 Å². The molecule has 116 valence electrons. The van der Waals surface area contributed by atoms with Crippen molar-refractivity contribution in [2.45, 2.75) is 24.3 Å². The highest BCUT2D eigenvalue weighted by Gasteiger charge is 2.24. The van der Waals surface area contributed by atoms with Gasteiger partial charge in [0.1, 0.15) is 6.61 Å². The predicted octanol–water partition coefficient (Wildman–Crippen LogP) is 3.03. The molecule has 1 aromatic rings. The summed E-state index contributed by atoms with van der Waals surface area (Å²) in [5, 5.41) is 3.86. The number of nitrogens with one attached hydrogen (secondary N) is 1. The number of pyridine rings is 1. The van der Waals surface area contributed by atoms with Crippen molar-refractivity contribution >= 4 is 29.2 Å². The monoisotopic (exact) mass is 337 g/mol. The maximum atomic E-state index is 6.44. The van der Waals surface area contributed by atoms with Crippen LogP contribution in [0.3, 0.4) is 0 Å². The average molecular weight is 338 g/mol. The Balaban J connectivity index is 1.85. The number of aliphatic imine (C=N–C) groups is 1. The van der Waals surface area contributed by atoms with E-state index in [0.29, 0.717) is 24.2 Å². The Labute approximate surface area is 139 Å². The molecule has 0 amide bonds. The van der Waals surface area contributed by atoms with Crippen molar-refractivity contribution in [1.29, 1.82) is 0 Å². The number of nitrogens with zero attached hydrogens (tertiary/aromatic N) is 2. The van der Waals surface area contributed by atoms with Crippen LogP contribution in [0.2, 0.25) is 0 Å². The Morgan fingerprint density at radius 3 is 2.91 bits per heavy atom. The topological polar surface area (TPSA) is 46.5 Å². The highest BCUT2D eigenvalue weighted by atomic mass is 35.5. The molecule has 1 N–H and O–H groups in total. The molecule has 2 heterocycles. The molecule has 6 heteroatoms. The molecule has 2 unspecified atom stereocenters. The van der Waals surface area contributed by atoms with Crippen molar-refractivity contribution in [2.24, 2.45) is 4.99 Å². The second kappa shape index (κ2) is 7.16. The molecule has 1 aromatic heterocycles. The van der Waals surface area contributed by atoms with Gasteiger partial charge in [-0.15, -0.1) is 11.6 Å². The third kappa shape index (κ3) is 3.62. The zero-order chi connectivity index (χ0) is 15.4. The van der Waals surface area contributed by atoms with Crippen molar-refractivity contribution in [3.8, 4) is 0 Å². The second-order valence-corrected chi connectivity index (χ2v) is 6.13. The smallest absolute Gasteiger partial charge is 0.285 e. The lowest BCUT2D eigenvalue weighted by Gasteiger charge is -2.25. The molecule has 2 aliphatic rings. The molecule has 1 aliphatic heterocycles. The van der Waals surface area contributed by atoms with Crippen molar-refractivity contribution < 1.29 is 4.74 Å². The van der Waals surface area contributed by atoms with Gasteiger partial charge in [-0.25, -0.2) is 4.99 Å². The van der Waals surface area contributed by atoms with E-state index < -0.39 is 0 Å². The molecule has 0 saturated carbocycles. The molecule has 0 fully saturated rings. The van der Waals surface area contributed by atoms with Gasteiger partial charge in [-0.2, -0.15) is 0 Å². The maximum absolute atomic E-state index is 6.44. The zero-order valence-corrected chi connectivity index (χ0v) is 13.5. The predicted molar refractivity (Wildman–Crippen MR) is 89.4 cm³/mol. The fourth-order valence-corrected chi connectivity index (χ4v) is 3.04. The third-order valence-electron chi connectivity index (χ3n) is 3.64. The summed E-state index contributed by atoms with van der Waals surface area (Å²) in [4.78, 5) is 8.36. The van der Waals surface area contributed by atoms with Gasteiger partial charge >= 0.3 is 0 Å². The zero-order valence-electron chi connectivity index (χ0n) is 12.0. The van der Waals surface area contributed by atoms with Crippen LogP contribution in [-0.4, -0.2) is 35.6 Å². The molecule has 4 nitrogen and oxygen atoms in total. The summed E-state index contributed by atoms with van der Waals surface area (Å²) >= 11 is 12.7. The van der Waals surface area contributed by atoms with Crippen LogP contribution in [0.1, 0.15) is 12.0 Å². The normalized spacial score (nSPS) is 22.3. The molecule has 22 heavy (non-hydrogen) atoms. The van der Waals surface area contributed by atoms with Gasteiger partial charge in [0, 0.05) is 17.4 Å². The molecule has 1 aliphatic carbocycles. The fraction of sp³-hybridized carbons (Fsp3) is 0.375. The number of allylic oxidation sites excluding steroid dienone is 2. The number of amidine groups is 1. The van der Waals surface area contributed by atoms with E-state index in [2.05, 4.69) is 21.4 Å². The summed E-state index contributed by atoms with van der Waals surface area (Å²) in [5.41, 5.74) is 2.15. The van der Waals surface area contributed by atoms with Crippen LogP contribution in [0.15, 0.2) is 52.3 Å². The van der Waals surface area contributed by atoms with Crippen molar-refractivity contribution in [2.75, 3.05) is 13.2 Å². The van der Waals surface area contributed by atoms with Gasteiger partial charge in [0.15, 0.2) is 0 Å². The lowest BCUT2D eigenvalue weighted by atomic mass is 9.94. The van der Waals surface area contributed by atoms with Crippen LogP contribution < -0.4 is 5.32 Å². The summed E-state index contributed by atoms with van der Waals surface area (Å²) in [6.07, 6.45) is 9.17. The van der Waals surface area contributed by atoms with E-state index >= 15 is 0 Å². The van der Waals surface area contributed by atoms with Crippen molar-refractivity contribution in [3.05, 3.63) is 52.8 Å². The average Bonchev–Trinajstić information content (AvgIpc) is 3.03.